The van der Waals surface area contributed by atoms with E-state index in [2.05, 4.69) is 41.9 Å². The number of hydrogen-bond donors (Lipinski definition) is 2. The van der Waals surface area contributed by atoms with Crippen LogP contribution in [0.5, 0.6) is 11.5 Å². The van der Waals surface area contributed by atoms with Gasteiger partial charge in [0.2, 0.25) is 0 Å². The average Bonchev–Trinajstić information content (AvgIpc) is 3.17. The van der Waals surface area contributed by atoms with E-state index in [9.17, 15) is 8.78 Å². The van der Waals surface area contributed by atoms with Crippen LogP contribution < -0.4 is 14.9 Å². The second-order valence-corrected chi connectivity index (χ2v) is 12.9. The van der Waals surface area contributed by atoms with Crippen LogP contribution in [-0.2, 0) is 12.8 Å². The lowest BCUT2D eigenvalue weighted by atomic mass is 9.80. The summed E-state index contributed by atoms with van der Waals surface area (Å²) in [6.45, 7) is 4.28. The van der Waals surface area contributed by atoms with Gasteiger partial charge in [0, 0.05) is 5.56 Å². The molecule has 2 N–H and O–H groups in total. The molecule has 0 amide bonds. The number of aryl methyl sites for hydroxylation is 2. The molecule has 0 aliphatic heterocycles. The predicted octanol–water partition coefficient (Wildman–Crippen LogP) is 10.7. The molecule has 0 spiro atoms. The number of methoxy groups -OCH3 is 2. The van der Waals surface area contributed by atoms with Gasteiger partial charge in [-0.2, -0.15) is 0 Å². The first kappa shape index (κ1) is 40.0. The second kappa shape index (κ2) is 20.3. The first-order valence-electron chi connectivity index (χ1n) is 17.2. The molecule has 0 fully saturated rings. The summed E-state index contributed by atoms with van der Waals surface area (Å²) in [6.07, 6.45) is 4.33. The van der Waals surface area contributed by atoms with Crippen LogP contribution in [0.25, 0.3) is 33.4 Å². The van der Waals surface area contributed by atoms with Gasteiger partial charge in [0.15, 0.2) is 0 Å². The Hall–Kier alpha value is -4.76. The molecule has 0 unspecified atom stereocenters. The van der Waals surface area contributed by atoms with Gasteiger partial charge in [-0.05, 0) is 116 Å². The minimum absolute atomic E-state index is 0.202. The third kappa shape index (κ3) is 11.6. The summed E-state index contributed by atoms with van der Waals surface area (Å²) in [6, 6.07) is 41.1. The van der Waals surface area contributed by atoms with Crippen molar-refractivity contribution in [2.45, 2.75) is 39.5 Å². The van der Waals surface area contributed by atoms with Gasteiger partial charge < -0.3 is 19.5 Å². The molecule has 0 saturated heterocycles. The van der Waals surface area contributed by atoms with Crippen molar-refractivity contribution >= 4 is 28.5 Å². The van der Waals surface area contributed by atoms with Gasteiger partial charge in [-0.1, -0.05) is 118 Å². The summed E-state index contributed by atoms with van der Waals surface area (Å²) >= 11 is 3.13. The third-order valence-corrected chi connectivity index (χ3v) is 9.00. The summed E-state index contributed by atoms with van der Waals surface area (Å²) in [5.41, 5.74) is 8.27. The zero-order valence-corrected chi connectivity index (χ0v) is 31.5. The first-order chi connectivity index (χ1) is 25.1. The van der Waals surface area contributed by atoms with Crippen molar-refractivity contribution in [1.29, 1.82) is 0 Å². The van der Waals surface area contributed by atoms with Gasteiger partial charge in [0.25, 0.3) is 0 Å². The molecule has 0 bridgehead atoms. The van der Waals surface area contributed by atoms with Crippen molar-refractivity contribution in [3.63, 3.8) is 0 Å². The number of hydrogen-bond acceptors (Lipinski definition) is 4. The molecular weight excluding hydrogens is 721 g/mol. The Morgan fingerprint density at radius 3 is 1.33 bits per heavy atom. The number of ether oxygens (including phenoxy) is 2. The van der Waals surface area contributed by atoms with Crippen LogP contribution >= 0.6 is 15.9 Å². The Kier molecular flexibility index (Phi) is 15.6. The van der Waals surface area contributed by atoms with Crippen LogP contribution in [-0.4, -0.2) is 31.4 Å². The Morgan fingerprint density at radius 2 is 0.923 bits per heavy atom. The molecular formula is C44H44BBrF2O4. The summed E-state index contributed by atoms with van der Waals surface area (Å²) in [5.74, 6) is 1.13. The molecule has 6 aromatic rings. The van der Waals surface area contributed by atoms with Gasteiger partial charge in [0.1, 0.15) is 23.1 Å². The van der Waals surface area contributed by atoms with Crippen LogP contribution in [0, 0.1) is 11.6 Å². The molecule has 8 heteroatoms. The maximum Gasteiger partial charge on any atom is 0.488 e. The minimum atomic E-state index is -1.35. The lowest BCUT2D eigenvalue weighted by Crippen LogP contribution is -2.29. The second-order valence-electron chi connectivity index (χ2n) is 12.1. The fraction of sp³-hybridized carbons (Fsp3) is 0.182. The quantitative estimate of drug-likeness (QED) is 0.136. The largest absolute Gasteiger partial charge is 0.497 e. The molecule has 6 aromatic carbocycles. The van der Waals surface area contributed by atoms with Crippen molar-refractivity contribution in [3.8, 4) is 44.9 Å². The Bertz CT molecular complexity index is 1970. The van der Waals surface area contributed by atoms with Gasteiger partial charge in [-0.25, -0.2) is 8.78 Å². The van der Waals surface area contributed by atoms with Crippen LogP contribution in [0.2, 0.25) is 0 Å². The Morgan fingerprint density at radius 1 is 0.519 bits per heavy atom. The van der Waals surface area contributed by atoms with Gasteiger partial charge in [0.05, 0.1) is 18.7 Å². The zero-order chi connectivity index (χ0) is 37.5. The van der Waals surface area contributed by atoms with Crippen molar-refractivity contribution < 1.29 is 28.3 Å². The normalized spacial score (nSPS) is 10.3. The zero-order valence-electron chi connectivity index (χ0n) is 30.0. The van der Waals surface area contributed by atoms with E-state index in [1.54, 1.807) is 38.5 Å². The molecule has 52 heavy (non-hydrogen) atoms. The van der Waals surface area contributed by atoms with Crippen molar-refractivity contribution in [3.05, 3.63) is 161 Å². The fourth-order valence-corrected chi connectivity index (χ4v) is 5.70. The molecule has 0 aliphatic rings. The molecule has 0 heterocycles. The van der Waals surface area contributed by atoms with Crippen molar-refractivity contribution in [1.82, 2.24) is 0 Å². The standard InChI is InChI=1S/C22H21FO.C13H10BrFO.C9H13BO2/c1-3-4-16-5-7-18(8-6-16)21-14-11-19(15-22(21)23)17-9-12-20(24-2)13-10-17;1-16-11-5-2-9(3-6-11)10-4-7-12(14)13(15)8-10;1-2-3-8-4-6-9(7-5-8)10(11)12/h5-15H,3-4H2,1-2H3;2-8H,1H3;4-7,11-12H,2-3H2,1H3. The topological polar surface area (TPSA) is 58.9 Å². The maximum atomic E-state index is 14.6. The fourth-order valence-electron chi connectivity index (χ4n) is 5.46. The highest BCUT2D eigenvalue weighted by Gasteiger charge is 2.10. The minimum Gasteiger partial charge on any atom is -0.497 e. The van der Waals surface area contributed by atoms with Crippen molar-refractivity contribution in [2.24, 2.45) is 0 Å². The van der Waals surface area contributed by atoms with Crippen LogP contribution in [0.4, 0.5) is 8.78 Å². The summed E-state index contributed by atoms with van der Waals surface area (Å²) in [5, 5.41) is 17.6. The molecule has 268 valence electrons. The van der Waals surface area contributed by atoms with Crippen LogP contribution in [0.15, 0.2) is 138 Å². The summed E-state index contributed by atoms with van der Waals surface area (Å²) in [4.78, 5) is 0. The number of rotatable bonds is 10. The van der Waals surface area contributed by atoms with Gasteiger partial charge in [-0.3, -0.25) is 0 Å². The van der Waals surface area contributed by atoms with E-state index in [0.717, 1.165) is 65.0 Å². The molecule has 6 rings (SSSR count). The molecule has 0 radical (unpaired) electrons. The van der Waals surface area contributed by atoms with Crippen LogP contribution in [0.3, 0.4) is 0 Å². The third-order valence-electron chi connectivity index (χ3n) is 8.36. The maximum absolute atomic E-state index is 14.6. The molecule has 4 nitrogen and oxygen atoms in total. The Balaban J connectivity index is 0.000000187. The highest BCUT2D eigenvalue weighted by atomic mass is 79.9. The van der Waals surface area contributed by atoms with E-state index < -0.39 is 7.12 Å². The summed E-state index contributed by atoms with van der Waals surface area (Å²) < 4.78 is 38.6. The molecule has 0 aromatic heterocycles. The van der Waals surface area contributed by atoms with E-state index in [0.29, 0.717) is 15.5 Å². The monoisotopic (exact) mass is 764 g/mol. The lowest BCUT2D eigenvalue weighted by Gasteiger charge is -2.08. The van der Waals surface area contributed by atoms with Crippen molar-refractivity contribution in [2.75, 3.05) is 14.2 Å². The van der Waals surface area contributed by atoms with E-state index in [1.165, 1.54) is 17.2 Å². The van der Waals surface area contributed by atoms with Crippen LogP contribution in [0.1, 0.15) is 37.8 Å². The lowest BCUT2D eigenvalue weighted by molar-refractivity contribution is 0.415. The number of halogens is 3. The summed E-state index contributed by atoms with van der Waals surface area (Å²) in [7, 11) is 1.91. The van der Waals surface area contributed by atoms with E-state index in [1.807, 2.05) is 91.0 Å². The SMILES string of the molecule is CCCc1ccc(-c2ccc(-c3ccc(OC)cc3)cc2F)cc1.CCCc1ccc(B(O)O)cc1.COc1ccc(-c2ccc(Br)c(F)c2)cc1. The molecule has 0 aliphatic carbocycles. The molecule has 0 atom stereocenters. The van der Waals surface area contributed by atoms with E-state index in [4.69, 9.17) is 19.5 Å². The van der Waals surface area contributed by atoms with E-state index >= 15 is 0 Å². The predicted molar refractivity (Wildman–Crippen MR) is 214 cm³/mol. The highest BCUT2D eigenvalue weighted by molar-refractivity contribution is 9.10. The average molecular weight is 766 g/mol. The van der Waals surface area contributed by atoms with Gasteiger partial charge in [-0.15, -0.1) is 0 Å². The molecule has 0 saturated carbocycles. The number of benzene rings is 6. The Labute approximate surface area is 315 Å². The smallest absolute Gasteiger partial charge is 0.488 e. The first-order valence-corrected chi connectivity index (χ1v) is 18.0. The van der Waals surface area contributed by atoms with Gasteiger partial charge >= 0.3 is 7.12 Å². The van der Waals surface area contributed by atoms with E-state index in [-0.39, 0.29) is 11.6 Å². The highest BCUT2D eigenvalue weighted by Crippen LogP contribution is 2.30.